The van der Waals surface area contributed by atoms with Crippen molar-refractivity contribution in [1.82, 2.24) is 4.31 Å². The second kappa shape index (κ2) is 3.69. The lowest BCUT2D eigenvalue weighted by Crippen LogP contribution is -2.56. The lowest BCUT2D eigenvalue weighted by molar-refractivity contribution is -0.0702. The Bertz CT molecular complexity index is 339. The number of ether oxygens (including phenoxy) is 1. The maximum atomic E-state index is 12.0. The third-order valence-electron chi connectivity index (χ3n) is 3.04. The van der Waals surface area contributed by atoms with E-state index in [0.29, 0.717) is 26.2 Å². The van der Waals surface area contributed by atoms with Crippen LogP contribution in [0.25, 0.3) is 0 Å². The molecule has 1 aliphatic heterocycles. The van der Waals surface area contributed by atoms with Crippen LogP contribution in [-0.2, 0) is 14.8 Å². The molecular formula is C9H18N2O3S. The Morgan fingerprint density at radius 1 is 1.53 bits per heavy atom. The van der Waals surface area contributed by atoms with Gasteiger partial charge in [0.1, 0.15) is 0 Å². The van der Waals surface area contributed by atoms with E-state index in [9.17, 15) is 8.42 Å². The molecule has 5 nitrogen and oxygen atoms in total. The number of hydrogen-bond donors (Lipinski definition) is 1. The normalized spacial score (nSPS) is 34.3. The molecule has 0 aromatic rings. The van der Waals surface area contributed by atoms with Gasteiger partial charge < -0.3 is 10.5 Å². The van der Waals surface area contributed by atoms with Crippen LogP contribution in [0.1, 0.15) is 19.8 Å². The summed E-state index contributed by atoms with van der Waals surface area (Å²) in [5.41, 5.74) is 5.07. The zero-order valence-corrected chi connectivity index (χ0v) is 9.79. The Balaban J connectivity index is 2.10. The van der Waals surface area contributed by atoms with Crippen molar-refractivity contribution in [3.8, 4) is 0 Å². The summed E-state index contributed by atoms with van der Waals surface area (Å²) in [5, 5.41) is -0.141. The first kappa shape index (κ1) is 11.3. The Hall–Kier alpha value is -0.170. The maximum absolute atomic E-state index is 12.0. The Morgan fingerprint density at radius 3 is 2.73 bits per heavy atom. The molecule has 1 saturated heterocycles. The van der Waals surface area contributed by atoms with Crippen molar-refractivity contribution in [3.63, 3.8) is 0 Å². The quantitative estimate of drug-likeness (QED) is 0.716. The van der Waals surface area contributed by atoms with Crippen molar-refractivity contribution < 1.29 is 13.2 Å². The van der Waals surface area contributed by atoms with E-state index in [1.54, 1.807) is 4.31 Å². The molecule has 2 N–H and O–H groups in total. The summed E-state index contributed by atoms with van der Waals surface area (Å²) in [7, 11) is -3.07. The van der Waals surface area contributed by atoms with E-state index < -0.39 is 15.6 Å². The molecule has 1 heterocycles. The third-order valence-corrected chi connectivity index (χ3v) is 5.38. The molecule has 1 unspecified atom stereocenters. The number of rotatable bonds is 3. The monoisotopic (exact) mass is 234 g/mol. The van der Waals surface area contributed by atoms with Crippen molar-refractivity contribution in [2.24, 2.45) is 5.73 Å². The Labute approximate surface area is 90.6 Å². The van der Waals surface area contributed by atoms with Gasteiger partial charge in [0.05, 0.1) is 17.5 Å². The van der Waals surface area contributed by atoms with Gasteiger partial charge in [0.15, 0.2) is 0 Å². The lowest BCUT2D eigenvalue weighted by atomic mass is 10.1. The minimum absolute atomic E-state index is 0.141. The molecule has 0 spiro atoms. The summed E-state index contributed by atoms with van der Waals surface area (Å²) < 4.78 is 31.0. The van der Waals surface area contributed by atoms with Crippen molar-refractivity contribution in [2.75, 3.05) is 26.2 Å². The highest BCUT2D eigenvalue weighted by Gasteiger charge is 2.44. The SMILES string of the molecule is CC1(CN)CN(S(=O)(=O)C2CC2)CCO1. The zero-order valence-electron chi connectivity index (χ0n) is 8.98. The van der Waals surface area contributed by atoms with Gasteiger partial charge in [-0.05, 0) is 19.8 Å². The molecule has 2 aliphatic rings. The van der Waals surface area contributed by atoms with Gasteiger partial charge in [-0.15, -0.1) is 0 Å². The summed E-state index contributed by atoms with van der Waals surface area (Å²) in [6.07, 6.45) is 1.61. The average Bonchev–Trinajstić information content (AvgIpc) is 3.01. The third kappa shape index (κ3) is 2.18. The van der Waals surface area contributed by atoms with Crippen molar-refractivity contribution in [3.05, 3.63) is 0 Å². The summed E-state index contributed by atoms with van der Waals surface area (Å²) in [4.78, 5) is 0. The molecule has 1 saturated carbocycles. The van der Waals surface area contributed by atoms with Crippen LogP contribution in [0.4, 0.5) is 0 Å². The lowest BCUT2D eigenvalue weighted by Gasteiger charge is -2.39. The molecule has 1 aliphatic carbocycles. The number of morpholine rings is 1. The van der Waals surface area contributed by atoms with Gasteiger partial charge in [-0.3, -0.25) is 0 Å². The molecule has 2 rings (SSSR count). The van der Waals surface area contributed by atoms with Crippen molar-refractivity contribution in [1.29, 1.82) is 0 Å². The predicted molar refractivity (Wildman–Crippen MR) is 56.9 cm³/mol. The van der Waals surface area contributed by atoms with Gasteiger partial charge in [-0.1, -0.05) is 0 Å². The van der Waals surface area contributed by atoms with Crippen LogP contribution in [0, 0.1) is 0 Å². The van der Waals surface area contributed by atoms with Crippen molar-refractivity contribution >= 4 is 10.0 Å². The van der Waals surface area contributed by atoms with Gasteiger partial charge in [0.2, 0.25) is 10.0 Å². The largest absolute Gasteiger partial charge is 0.371 e. The second-order valence-electron chi connectivity index (χ2n) is 4.58. The highest BCUT2D eigenvalue weighted by Crippen LogP contribution is 2.32. The molecule has 0 aromatic carbocycles. The summed E-state index contributed by atoms with van der Waals surface area (Å²) >= 11 is 0. The van der Waals surface area contributed by atoms with Crippen LogP contribution in [0.5, 0.6) is 0 Å². The van der Waals surface area contributed by atoms with Gasteiger partial charge in [-0.25, -0.2) is 8.42 Å². The van der Waals surface area contributed by atoms with E-state index in [2.05, 4.69) is 0 Å². The average molecular weight is 234 g/mol. The van der Waals surface area contributed by atoms with Gasteiger partial charge in [0.25, 0.3) is 0 Å². The first-order chi connectivity index (χ1) is 6.98. The molecule has 88 valence electrons. The fourth-order valence-corrected chi connectivity index (χ4v) is 3.74. The van der Waals surface area contributed by atoms with E-state index in [1.165, 1.54) is 0 Å². The topological polar surface area (TPSA) is 72.6 Å². The van der Waals surface area contributed by atoms with Crippen molar-refractivity contribution in [2.45, 2.75) is 30.6 Å². The molecule has 15 heavy (non-hydrogen) atoms. The zero-order chi connectivity index (χ0) is 11.1. The Kier molecular flexibility index (Phi) is 2.79. The number of nitrogens with zero attached hydrogens (tertiary/aromatic N) is 1. The van der Waals surface area contributed by atoms with E-state index in [-0.39, 0.29) is 5.25 Å². The van der Waals surface area contributed by atoms with Crippen LogP contribution in [0.2, 0.25) is 0 Å². The number of nitrogens with two attached hydrogens (primary N) is 1. The summed E-state index contributed by atoms with van der Waals surface area (Å²) in [5.74, 6) is 0. The van der Waals surface area contributed by atoms with Crippen LogP contribution in [-0.4, -0.2) is 49.8 Å². The van der Waals surface area contributed by atoms with Crippen LogP contribution >= 0.6 is 0 Å². The van der Waals surface area contributed by atoms with Crippen LogP contribution < -0.4 is 5.73 Å². The number of hydrogen-bond acceptors (Lipinski definition) is 4. The van der Waals surface area contributed by atoms with Crippen LogP contribution in [0.15, 0.2) is 0 Å². The highest BCUT2D eigenvalue weighted by atomic mass is 32.2. The fourth-order valence-electron chi connectivity index (χ4n) is 1.81. The first-order valence-electron chi connectivity index (χ1n) is 5.31. The molecule has 0 amide bonds. The molecular weight excluding hydrogens is 216 g/mol. The van der Waals surface area contributed by atoms with E-state index in [4.69, 9.17) is 10.5 Å². The smallest absolute Gasteiger partial charge is 0.217 e. The summed E-state index contributed by atoms with van der Waals surface area (Å²) in [6, 6.07) is 0. The summed E-state index contributed by atoms with van der Waals surface area (Å²) in [6.45, 7) is 3.52. The van der Waals surface area contributed by atoms with Gasteiger partial charge in [0, 0.05) is 19.6 Å². The number of sulfonamides is 1. The van der Waals surface area contributed by atoms with Gasteiger partial charge >= 0.3 is 0 Å². The molecule has 6 heteroatoms. The molecule has 1 atom stereocenters. The highest BCUT2D eigenvalue weighted by molar-refractivity contribution is 7.90. The standard InChI is InChI=1S/C9H18N2O3S/c1-9(6-10)7-11(4-5-14-9)15(12,13)8-2-3-8/h8H,2-7,10H2,1H3. The minimum Gasteiger partial charge on any atom is -0.371 e. The van der Waals surface area contributed by atoms with Crippen LogP contribution in [0.3, 0.4) is 0 Å². The minimum atomic E-state index is -3.07. The first-order valence-corrected chi connectivity index (χ1v) is 6.81. The van der Waals surface area contributed by atoms with E-state index in [0.717, 1.165) is 12.8 Å². The Morgan fingerprint density at radius 2 is 2.20 bits per heavy atom. The maximum Gasteiger partial charge on any atom is 0.217 e. The molecule has 0 bridgehead atoms. The molecule has 2 fully saturated rings. The predicted octanol–water partition coefficient (Wildman–Crippen LogP) is -0.472. The molecule has 0 radical (unpaired) electrons. The fraction of sp³-hybridized carbons (Fsp3) is 1.00. The van der Waals surface area contributed by atoms with Gasteiger partial charge in [-0.2, -0.15) is 4.31 Å². The van der Waals surface area contributed by atoms with E-state index in [1.807, 2.05) is 6.92 Å². The molecule has 0 aromatic heterocycles. The van der Waals surface area contributed by atoms with E-state index >= 15 is 0 Å². The second-order valence-corrected chi connectivity index (χ2v) is 6.79.